The summed E-state index contributed by atoms with van der Waals surface area (Å²) < 4.78 is 0. The van der Waals surface area contributed by atoms with Gasteiger partial charge in [-0.15, -0.1) is 0 Å². The lowest BCUT2D eigenvalue weighted by Crippen LogP contribution is -2.15. The van der Waals surface area contributed by atoms with Gasteiger partial charge in [0.2, 0.25) is 0 Å². The number of Topliss-reactive ketones (excluding diaryl/α,β-unsaturated/α-hetero) is 1. The number of benzene rings is 1. The number of allylic oxidation sites excluding steroid dienone is 1. The fourth-order valence-electron chi connectivity index (χ4n) is 2.49. The number of aliphatic hydroxyl groups excluding tert-OH is 2. The van der Waals surface area contributed by atoms with Crippen LogP contribution in [-0.4, -0.2) is 22.1 Å². The van der Waals surface area contributed by atoms with Gasteiger partial charge in [-0.3, -0.25) is 4.79 Å². The first-order chi connectivity index (χ1) is 9.16. The highest BCUT2D eigenvalue weighted by atomic mass is 16.3. The Morgan fingerprint density at radius 3 is 2.63 bits per heavy atom. The maximum atomic E-state index is 11.2. The summed E-state index contributed by atoms with van der Waals surface area (Å²) in [6, 6.07) is 10.2. The minimum Gasteiger partial charge on any atom is -0.512 e. The fourth-order valence-corrected chi connectivity index (χ4v) is 2.49. The Morgan fingerprint density at radius 2 is 2.00 bits per heavy atom. The van der Waals surface area contributed by atoms with E-state index in [0.29, 0.717) is 0 Å². The van der Waals surface area contributed by atoms with Gasteiger partial charge >= 0.3 is 0 Å². The maximum Gasteiger partial charge on any atom is 0.136 e. The second kappa shape index (κ2) is 6.53. The van der Waals surface area contributed by atoms with Crippen LogP contribution in [0.4, 0.5) is 0 Å². The van der Waals surface area contributed by atoms with E-state index in [1.54, 1.807) is 6.08 Å². The van der Waals surface area contributed by atoms with Crippen LogP contribution in [0.25, 0.3) is 0 Å². The van der Waals surface area contributed by atoms with Gasteiger partial charge in [0.05, 0.1) is 11.9 Å². The topological polar surface area (TPSA) is 57.5 Å². The van der Waals surface area contributed by atoms with Gasteiger partial charge in [0.25, 0.3) is 0 Å². The van der Waals surface area contributed by atoms with Crippen molar-refractivity contribution in [2.24, 2.45) is 5.92 Å². The van der Waals surface area contributed by atoms with Crippen LogP contribution in [0.3, 0.4) is 0 Å². The molecular weight excluding hydrogens is 240 g/mol. The van der Waals surface area contributed by atoms with Gasteiger partial charge < -0.3 is 10.2 Å². The molecule has 1 aliphatic carbocycles. The number of rotatable bonds is 5. The molecule has 19 heavy (non-hydrogen) atoms. The molecule has 1 fully saturated rings. The van der Waals surface area contributed by atoms with Crippen molar-refractivity contribution >= 4 is 5.78 Å². The smallest absolute Gasteiger partial charge is 0.136 e. The van der Waals surface area contributed by atoms with Crippen molar-refractivity contribution in [3.05, 3.63) is 47.7 Å². The van der Waals surface area contributed by atoms with Crippen molar-refractivity contribution in [1.29, 1.82) is 0 Å². The number of carbonyl (C=O) groups is 1. The molecule has 102 valence electrons. The highest BCUT2D eigenvalue weighted by Crippen LogP contribution is 2.28. The molecule has 0 aliphatic heterocycles. The van der Waals surface area contributed by atoms with Gasteiger partial charge in [0, 0.05) is 18.8 Å². The lowest BCUT2D eigenvalue weighted by molar-refractivity contribution is -0.117. The van der Waals surface area contributed by atoms with Crippen molar-refractivity contribution in [1.82, 2.24) is 0 Å². The number of hydrogen-bond donors (Lipinski definition) is 2. The number of aryl methyl sites for hydroxylation is 1. The maximum absolute atomic E-state index is 11.2. The van der Waals surface area contributed by atoms with Gasteiger partial charge in [-0.2, -0.15) is 0 Å². The molecule has 1 saturated carbocycles. The van der Waals surface area contributed by atoms with E-state index < -0.39 is 6.10 Å². The van der Waals surface area contributed by atoms with Crippen molar-refractivity contribution in [2.75, 3.05) is 0 Å². The highest BCUT2D eigenvalue weighted by Gasteiger charge is 2.33. The lowest BCUT2D eigenvalue weighted by Gasteiger charge is -2.12. The summed E-state index contributed by atoms with van der Waals surface area (Å²) in [5, 5.41) is 19.5. The summed E-state index contributed by atoms with van der Waals surface area (Å²) in [6.07, 6.45) is 4.15. The van der Waals surface area contributed by atoms with E-state index in [2.05, 4.69) is 12.1 Å². The average Bonchev–Trinajstić information content (AvgIpc) is 2.75. The van der Waals surface area contributed by atoms with Crippen molar-refractivity contribution < 1.29 is 15.0 Å². The number of aliphatic hydroxyl groups is 2. The van der Waals surface area contributed by atoms with Gasteiger partial charge in [0.1, 0.15) is 5.78 Å². The molecule has 1 aromatic carbocycles. The van der Waals surface area contributed by atoms with Gasteiger partial charge in [-0.1, -0.05) is 30.3 Å². The number of unbranched alkanes of at least 4 members (excludes halogenated alkanes) is 1. The third kappa shape index (κ3) is 3.93. The molecule has 0 aromatic heterocycles. The molecular formula is C16H20O3. The Morgan fingerprint density at radius 1 is 1.26 bits per heavy atom. The standard InChI is InChI=1S/C16H20O3/c17-13-10-14(16(19)11-13)15(18)9-5-4-8-12-6-2-1-3-7-12/h1-3,6-7,9,14,16,18-19H,4-5,8,10-11H2. The quantitative estimate of drug-likeness (QED) is 0.632. The second-order valence-corrected chi connectivity index (χ2v) is 5.13. The lowest BCUT2D eigenvalue weighted by atomic mass is 10.0. The second-order valence-electron chi connectivity index (χ2n) is 5.13. The third-order valence-corrected chi connectivity index (χ3v) is 3.59. The number of ketones is 1. The molecule has 0 saturated heterocycles. The summed E-state index contributed by atoms with van der Waals surface area (Å²) in [4.78, 5) is 11.2. The molecule has 3 nitrogen and oxygen atoms in total. The first-order valence-electron chi connectivity index (χ1n) is 6.79. The van der Waals surface area contributed by atoms with Crippen LogP contribution < -0.4 is 0 Å². The molecule has 1 aromatic rings. The van der Waals surface area contributed by atoms with Crippen LogP contribution >= 0.6 is 0 Å². The SMILES string of the molecule is O=C1CC(O)C(C(O)=CCCCc2ccccc2)C1. The zero-order valence-electron chi connectivity index (χ0n) is 11.0. The first kappa shape index (κ1) is 13.8. The zero-order chi connectivity index (χ0) is 13.7. The molecule has 2 rings (SSSR count). The van der Waals surface area contributed by atoms with Crippen molar-refractivity contribution in [3.63, 3.8) is 0 Å². The molecule has 2 N–H and O–H groups in total. The summed E-state index contributed by atoms with van der Waals surface area (Å²) in [5.41, 5.74) is 1.28. The van der Waals surface area contributed by atoms with E-state index in [1.165, 1.54) is 5.56 Å². The highest BCUT2D eigenvalue weighted by molar-refractivity contribution is 5.82. The number of carbonyl (C=O) groups excluding carboxylic acids is 1. The van der Waals surface area contributed by atoms with Gasteiger partial charge in [-0.05, 0) is 30.9 Å². The normalized spacial score (nSPS) is 23.8. The van der Waals surface area contributed by atoms with Gasteiger partial charge in [0.15, 0.2) is 0 Å². The summed E-state index contributed by atoms with van der Waals surface area (Å²) in [5.74, 6) is -0.183. The molecule has 0 radical (unpaired) electrons. The molecule has 2 atom stereocenters. The molecule has 0 bridgehead atoms. The van der Waals surface area contributed by atoms with Gasteiger partial charge in [-0.25, -0.2) is 0 Å². The van der Waals surface area contributed by atoms with Crippen molar-refractivity contribution in [3.8, 4) is 0 Å². The van der Waals surface area contributed by atoms with Crippen LogP contribution in [0.2, 0.25) is 0 Å². The van der Waals surface area contributed by atoms with E-state index in [0.717, 1.165) is 19.3 Å². The minimum absolute atomic E-state index is 0.0294. The third-order valence-electron chi connectivity index (χ3n) is 3.59. The predicted octanol–water partition coefficient (Wildman–Crippen LogP) is 2.79. The Balaban J connectivity index is 1.78. The molecule has 0 heterocycles. The Labute approximate surface area is 113 Å². The van der Waals surface area contributed by atoms with Crippen LogP contribution in [0.15, 0.2) is 42.2 Å². The Hall–Kier alpha value is -1.61. The monoisotopic (exact) mass is 260 g/mol. The summed E-state index contributed by atoms with van der Waals surface area (Å²) >= 11 is 0. The van der Waals surface area contributed by atoms with E-state index >= 15 is 0 Å². The minimum atomic E-state index is -0.710. The van der Waals surface area contributed by atoms with Crippen LogP contribution in [0.1, 0.15) is 31.2 Å². The average molecular weight is 260 g/mol. The molecule has 0 amide bonds. The molecule has 1 aliphatic rings. The van der Waals surface area contributed by atoms with Crippen LogP contribution in [-0.2, 0) is 11.2 Å². The van der Waals surface area contributed by atoms with Crippen LogP contribution in [0.5, 0.6) is 0 Å². The molecule has 3 heteroatoms. The summed E-state index contributed by atoms with van der Waals surface area (Å²) in [7, 11) is 0. The van der Waals surface area contributed by atoms with E-state index in [9.17, 15) is 15.0 Å². The molecule has 0 spiro atoms. The van der Waals surface area contributed by atoms with Crippen LogP contribution in [0, 0.1) is 5.92 Å². The predicted molar refractivity (Wildman–Crippen MR) is 73.8 cm³/mol. The fraction of sp³-hybridized carbons (Fsp3) is 0.438. The zero-order valence-corrected chi connectivity index (χ0v) is 11.0. The Kier molecular flexibility index (Phi) is 4.74. The summed E-state index contributed by atoms with van der Waals surface area (Å²) in [6.45, 7) is 0. The number of hydrogen-bond acceptors (Lipinski definition) is 3. The Bertz CT molecular complexity index is 450. The van der Waals surface area contributed by atoms with E-state index in [1.807, 2.05) is 18.2 Å². The van der Waals surface area contributed by atoms with E-state index in [4.69, 9.17) is 0 Å². The molecule has 2 unspecified atom stereocenters. The van der Waals surface area contributed by atoms with Crippen molar-refractivity contribution in [2.45, 2.75) is 38.2 Å². The largest absolute Gasteiger partial charge is 0.512 e. The van der Waals surface area contributed by atoms with E-state index in [-0.39, 0.29) is 30.3 Å². The first-order valence-corrected chi connectivity index (χ1v) is 6.79.